The molecular formula is C20H32N4O. The lowest BCUT2D eigenvalue weighted by Gasteiger charge is -2.35. The predicted octanol–water partition coefficient (Wildman–Crippen LogP) is 2.16. The molecule has 5 heteroatoms. The lowest BCUT2D eigenvalue weighted by Crippen LogP contribution is -2.52. The fourth-order valence-corrected chi connectivity index (χ4v) is 3.95. The Morgan fingerprint density at radius 2 is 1.88 bits per heavy atom. The van der Waals surface area contributed by atoms with Crippen LogP contribution in [0.4, 0.5) is 4.79 Å². The molecule has 2 aliphatic rings. The number of carbonyl (C=O) groups is 1. The second-order valence-electron chi connectivity index (χ2n) is 8.15. The Morgan fingerprint density at radius 1 is 1.16 bits per heavy atom. The quantitative estimate of drug-likeness (QED) is 0.910. The van der Waals surface area contributed by atoms with Crippen LogP contribution in [0.15, 0.2) is 24.3 Å². The Bertz CT molecular complexity index is 597. The summed E-state index contributed by atoms with van der Waals surface area (Å²) in [6.45, 7) is 11.9. The highest BCUT2D eigenvalue weighted by molar-refractivity contribution is 5.74. The van der Waals surface area contributed by atoms with Gasteiger partial charge >= 0.3 is 6.03 Å². The van der Waals surface area contributed by atoms with Gasteiger partial charge in [0.25, 0.3) is 0 Å². The average Bonchev–Trinajstić information content (AvgIpc) is 2.95. The highest BCUT2D eigenvalue weighted by atomic mass is 16.2. The largest absolute Gasteiger partial charge is 0.337 e. The number of urea groups is 1. The van der Waals surface area contributed by atoms with Crippen LogP contribution in [0.5, 0.6) is 0 Å². The van der Waals surface area contributed by atoms with Crippen LogP contribution in [-0.2, 0) is 6.54 Å². The molecule has 2 amide bonds. The van der Waals surface area contributed by atoms with E-state index in [0.29, 0.717) is 0 Å². The SMILES string of the molecule is Cc1ccccc1CN1CCN(C(=O)NC[C@@]2(C)CCN(C)C2)CC1. The van der Waals surface area contributed by atoms with Crippen molar-refractivity contribution in [2.75, 3.05) is 52.9 Å². The van der Waals surface area contributed by atoms with Crippen LogP contribution in [-0.4, -0.2) is 73.6 Å². The molecule has 25 heavy (non-hydrogen) atoms. The standard InChI is InChI=1S/C20H32N4O/c1-17-6-4-5-7-18(17)14-23-10-12-24(13-11-23)19(25)21-15-20(2)8-9-22(3)16-20/h4-7H,8-16H2,1-3H3,(H,21,25)/t20-/m1/s1. The third kappa shape index (κ3) is 4.73. The highest BCUT2D eigenvalue weighted by Gasteiger charge is 2.33. The van der Waals surface area contributed by atoms with E-state index < -0.39 is 0 Å². The number of hydrogen-bond acceptors (Lipinski definition) is 3. The van der Waals surface area contributed by atoms with Gasteiger partial charge in [0, 0.05) is 45.8 Å². The van der Waals surface area contributed by atoms with Crippen molar-refractivity contribution in [3.8, 4) is 0 Å². The molecule has 1 aromatic rings. The van der Waals surface area contributed by atoms with Crippen molar-refractivity contribution in [3.05, 3.63) is 35.4 Å². The first-order valence-corrected chi connectivity index (χ1v) is 9.43. The maximum absolute atomic E-state index is 12.5. The first-order chi connectivity index (χ1) is 12.0. The van der Waals surface area contributed by atoms with Crippen LogP contribution >= 0.6 is 0 Å². The normalized spacial score (nSPS) is 25.3. The lowest BCUT2D eigenvalue weighted by atomic mass is 9.90. The molecule has 3 rings (SSSR count). The lowest BCUT2D eigenvalue weighted by molar-refractivity contribution is 0.132. The van der Waals surface area contributed by atoms with E-state index in [4.69, 9.17) is 0 Å². The van der Waals surface area contributed by atoms with Gasteiger partial charge in [0.05, 0.1) is 0 Å². The van der Waals surface area contributed by atoms with E-state index in [1.807, 2.05) is 4.90 Å². The minimum Gasteiger partial charge on any atom is -0.337 e. The zero-order valence-electron chi connectivity index (χ0n) is 15.9. The summed E-state index contributed by atoms with van der Waals surface area (Å²) in [6, 6.07) is 8.66. The number of likely N-dealkylation sites (tertiary alicyclic amines) is 1. The minimum atomic E-state index is 0.103. The third-order valence-electron chi connectivity index (χ3n) is 5.73. The molecule has 2 fully saturated rings. The summed E-state index contributed by atoms with van der Waals surface area (Å²) in [6.07, 6.45) is 1.16. The van der Waals surface area contributed by atoms with Crippen molar-refractivity contribution in [3.63, 3.8) is 0 Å². The monoisotopic (exact) mass is 344 g/mol. The Balaban J connectivity index is 1.42. The van der Waals surface area contributed by atoms with Crippen LogP contribution < -0.4 is 5.32 Å². The summed E-state index contributed by atoms with van der Waals surface area (Å²) < 4.78 is 0. The molecule has 2 aliphatic heterocycles. The van der Waals surface area contributed by atoms with Crippen molar-refractivity contribution in [2.45, 2.75) is 26.8 Å². The van der Waals surface area contributed by atoms with Gasteiger partial charge in [-0.05, 0) is 43.5 Å². The summed E-state index contributed by atoms with van der Waals surface area (Å²) in [5.41, 5.74) is 2.95. The third-order valence-corrected chi connectivity index (χ3v) is 5.73. The molecule has 0 saturated carbocycles. The number of benzene rings is 1. The van der Waals surface area contributed by atoms with Crippen LogP contribution in [0, 0.1) is 12.3 Å². The number of nitrogens with one attached hydrogen (secondary N) is 1. The molecule has 0 aliphatic carbocycles. The molecule has 0 spiro atoms. The fourth-order valence-electron chi connectivity index (χ4n) is 3.95. The first kappa shape index (κ1) is 18.2. The van der Waals surface area contributed by atoms with Crippen LogP contribution in [0.25, 0.3) is 0 Å². The van der Waals surface area contributed by atoms with Gasteiger partial charge in [0.2, 0.25) is 0 Å². The summed E-state index contributed by atoms with van der Waals surface area (Å²) in [5.74, 6) is 0. The first-order valence-electron chi connectivity index (χ1n) is 9.43. The maximum atomic E-state index is 12.5. The Labute approximate surface area is 152 Å². The smallest absolute Gasteiger partial charge is 0.317 e. The molecule has 0 aromatic heterocycles. The van der Waals surface area contributed by atoms with Crippen LogP contribution in [0.1, 0.15) is 24.5 Å². The van der Waals surface area contributed by atoms with Crippen LogP contribution in [0.2, 0.25) is 0 Å². The highest BCUT2D eigenvalue weighted by Crippen LogP contribution is 2.27. The minimum absolute atomic E-state index is 0.103. The molecule has 0 unspecified atom stereocenters. The second kappa shape index (κ2) is 7.75. The second-order valence-corrected chi connectivity index (χ2v) is 8.15. The van der Waals surface area contributed by atoms with E-state index in [0.717, 1.165) is 58.8 Å². The van der Waals surface area contributed by atoms with E-state index in [2.05, 4.69) is 60.3 Å². The number of carbonyl (C=O) groups excluding carboxylic acids is 1. The average molecular weight is 345 g/mol. The number of hydrogen-bond donors (Lipinski definition) is 1. The van der Waals surface area contributed by atoms with Gasteiger partial charge in [-0.25, -0.2) is 4.79 Å². The molecule has 1 N–H and O–H groups in total. The van der Waals surface area contributed by atoms with Crippen molar-refractivity contribution in [1.82, 2.24) is 20.0 Å². The number of piperazine rings is 1. The van der Waals surface area contributed by atoms with Crippen LogP contribution in [0.3, 0.4) is 0 Å². The molecule has 0 bridgehead atoms. The fraction of sp³-hybridized carbons (Fsp3) is 0.650. The van der Waals surface area contributed by atoms with E-state index in [1.165, 1.54) is 11.1 Å². The Kier molecular flexibility index (Phi) is 5.64. The summed E-state index contributed by atoms with van der Waals surface area (Å²) in [7, 11) is 2.15. The molecule has 0 radical (unpaired) electrons. The van der Waals surface area contributed by atoms with Gasteiger partial charge in [-0.1, -0.05) is 31.2 Å². The predicted molar refractivity (Wildman–Crippen MR) is 102 cm³/mol. The Hall–Kier alpha value is -1.59. The van der Waals surface area contributed by atoms with Gasteiger partial charge in [-0.15, -0.1) is 0 Å². The van der Waals surface area contributed by atoms with Crippen molar-refractivity contribution < 1.29 is 4.79 Å². The molecular weight excluding hydrogens is 312 g/mol. The molecule has 138 valence electrons. The van der Waals surface area contributed by atoms with E-state index in [1.54, 1.807) is 0 Å². The van der Waals surface area contributed by atoms with Gasteiger partial charge < -0.3 is 15.1 Å². The zero-order valence-corrected chi connectivity index (χ0v) is 15.9. The molecule has 5 nitrogen and oxygen atoms in total. The molecule has 2 heterocycles. The topological polar surface area (TPSA) is 38.8 Å². The summed E-state index contributed by atoms with van der Waals surface area (Å²) in [5, 5.41) is 3.17. The summed E-state index contributed by atoms with van der Waals surface area (Å²) >= 11 is 0. The zero-order chi connectivity index (χ0) is 17.9. The summed E-state index contributed by atoms with van der Waals surface area (Å²) in [4.78, 5) is 19.2. The van der Waals surface area contributed by atoms with Gasteiger partial charge in [-0.3, -0.25) is 4.90 Å². The Morgan fingerprint density at radius 3 is 2.52 bits per heavy atom. The van der Waals surface area contributed by atoms with Gasteiger partial charge in [0.15, 0.2) is 0 Å². The van der Waals surface area contributed by atoms with Gasteiger partial charge in [0.1, 0.15) is 0 Å². The van der Waals surface area contributed by atoms with Crippen molar-refractivity contribution in [2.24, 2.45) is 5.41 Å². The van der Waals surface area contributed by atoms with Crippen molar-refractivity contribution in [1.29, 1.82) is 0 Å². The number of nitrogens with zero attached hydrogens (tertiary/aromatic N) is 3. The van der Waals surface area contributed by atoms with Gasteiger partial charge in [-0.2, -0.15) is 0 Å². The maximum Gasteiger partial charge on any atom is 0.317 e. The number of rotatable bonds is 4. The van der Waals surface area contributed by atoms with Crippen molar-refractivity contribution >= 4 is 6.03 Å². The number of amides is 2. The molecule has 2 saturated heterocycles. The van der Waals surface area contributed by atoms with E-state index >= 15 is 0 Å². The number of aryl methyl sites for hydroxylation is 1. The van der Waals surface area contributed by atoms with E-state index in [9.17, 15) is 4.79 Å². The van der Waals surface area contributed by atoms with E-state index in [-0.39, 0.29) is 11.4 Å². The molecule has 1 aromatic carbocycles. The molecule has 1 atom stereocenters.